The van der Waals surface area contributed by atoms with Crippen molar-refractivity contribution in [3.05, 3.63) is 82.8 Å². The van der Waals surface area contributed by atoms with E-state index in [0.717, 1.165) is 10.2 Å². The number of anilines is 1. The Bertz CT molecular complexity index is 929. The maximum Gasteiger partial charge on any atom is 0.255 e. The van der Waals surface area contributed by atoms with E-state index in [-0.39, 0.29) is 5.91 Å². The summed E-state index contributed by atoms with van der Waals surface area (Å²) in [5.74, 6) is 2.04. The molecule has 150 valence electrons. The van der Waals surface area contributed by atoms with Gasteiger partial charge in [0, 0.05) is 11.3 Å². The van der Waals surface area contributed by atoms with Crippen molar-refractivity contribution in [1.82, 2.24) is 0 Å². The van der Waals surface area contributed by atoms with E-state index in [9.17, 15) is 4.79 Å². The molecule has 3 aromatic rings. The highest BCUT2D eigenvalue weighted by Crippen LogP contribution is 2.26. The molecule has 0 aliphatic heterocycles. The summed E-state index contributed by atoms with van der Waals surface area (Å²) in [5, 5.41) is 2.87. The van der Waals surface area contributed by atoms with Gasteiger partial charge in [0.1, 0.15) is 30.5 Å². The Morgan fingerprint density at radius 1 is 0.862 bits per heavy atom. The minimum absolute atomic E-state index is 0.196. The Kier molecular flexibility index (Phi) is 7.53. The second-order valence-electron chi connectivity index (χ2n) is 6.07. The lowest BCUT2D eigenvalue weighted by molar-refractivity contribution is 0.102. The average Bonchev–Trinajstić information content (AvgIpc) is 2.74. The zero-order chi connectivity index (χ0) is 20.5. The number of para-hydroxylation sites is 1. The second kappa shape index (κ2) is 10.5. The van der Waals surface area contributed by atoms with Crippen LogP contribution >= 0.6 is 15.9 Å². The number of rotatable bonds is 9. The van der Waals surface area contributed by atoms with Gasteiger partial charge in [-0.2, -0.15) is 0 Å². The monoisotopic (exact) mass is 455 g/mol. The molecule has 5 nitrogen and oxygen atoms in total. The van der Waals surface area contributed by atoms with Crippen molar-refractivity contribution in [2.24, 2.45) is 0 Å². The van der Waals surface area contributed by atoms with Crippen LogP contribution in [0.5, 0.6) is 17.2 Å². The maximum atomic E-state index is 12.4. The fourth-order valence-electron chi connectivity index (χ4n) is 2.59. The average molecular weight is 456 g/mol. The number of amides is 1. The van der Waals surface area contributed by atoms with Gasteiger partial charge in [0.15, 0.2) is 0 Å². The zero-order valence-electron chi connectivity index (χ0n) is 16.1. The smallest absolute Gasteiger partial charge is 0.255 e. The Labute approximate surface area is 178 Å². The van der Waals surface area contributed by atoms with Crippen molar-refractivity contribution in [3.63, 3.8) is 0 Å². The van der Waals surface area contributed by atoms with Gasteiger partial charge in [-0.1, -0.05) is 18.2 Å². The lowest BCUT2D eigenvalue weighted by Crippen LogP contribution is -2.12. The first-order valence-electron chi connectivity index (χ1n) is 9.30. The summed E-state index contributed by atoms with van der Waals surface area (Å²) in [7, 11) is 0. The van der Waals surface area contributed by atoms with E-state index in [4.69, 9.17) is 14.2 Å². The van der Waals surface area contributed by atoms with Crippen LogP contribution in [0, 0.1) is 0 Å². The van der Waals surface area contributed by atoms with Gasteiger partial charge >= 0.3 is 0 Å². The second-order valence-corrected chi connectivity index (χ2v) is 6.92. The van der Waals surface area contributed by atoms with Gasteiger partial charge in [-0.15, -0.1) is 0 Å². The maximum absolute atomic E-state index is 12.4. The summed E-state index contributed by atoms with van der Waals surface area (Å²) >= 11 is 3.42. The van der Waals surface area contributed by atoms with Gasteiger partial charge in [-0.05, 0) is 77.5 Å². The Morgan fingerprint density at radius 3 is 2.14 bits per heavy atom. The predicted octanol–water partition coefficient (Wildman–Crippen LogP) is 5.56. The number of benzene rings is 3. The highest BCUT2D eigenvalue weighted by molar-refractivity contribution is 9.10. The van der Waals surface area contributed by atoms with Crippen molar-refractivity contribution in [2.45, 2.75) is 6.92 Å². The third-order valence-corrected chi connectivity index (χ3v) is 4.59. The van der Waals surface area contributed by atoms with Gasteiger partial charge in [-0.25, -0.2) is 0 Å². The molecule has 3 aromatic carbocycles. The Hall–Kier alpha value is -2.99. The van der Waals surface area contributed by atoms with Crippen molar-refractivity contribution in [3.8, 4) is 17.2 Å². The van der Waals surface area contributed by atoms with Crippen LogP contribution < -0.4 is 19.5 Å². The van der Waals surface area contributed by atoms with Crippen LogP contribution in [0.15, 0.2) is 77.3 Å². The summed E-state index contributed by atoms with van der Waals surface area (Å²) in [6.07, 6.45) is 0. The molecule has 0 aromatic heterocycles. The first kappa shape index (κ1) is 20.7. The lowest BCUT2D eigenvalue weighted by Gasteiger charge is -2.10. The summed E-state index contributed by atoms with van der Waals surface area (Å²) in [4.78, 5) is 12.4. The summed E-state index contributed by atoms with van der Waals surface area (Å²) in [6, 6.07) is 22.1. The van der Waals surface area contributed by atoms with E-state index in [1.54, 1.807) is 30.3 Å². The van der Waals surface area contributed by atoms with Gasteiger partial charge < -0.3 is 19.5 Å². The normalized spacial score (nSPS) is 10.3. The van der Waals surface area contributed by atoms with E-state index in [1.165, 1.54) is 0 Å². The van der Waals surface area contributed by atoms with Crippen molar-refractivity contribution in [1.29, 1.82) is 0 Å². The minimum atomic E-state index is -0.196. The third kappa shape index (κ3) is 6.26. The van der Waals surface area contributed by atoms with Crippen LogP contribution in [-0.4, -0.2) is 25.7 Å². The molecule has 0 radical (unpaired) electrons. The fourth-order valence-corrected chi connectivity index (χ4v) is 3.08. The third-order valence-electron chi connectivity index (χ3n) is 3.97. The fraction of sp³-hybridized carbons (Fsp3) is 0.174. The molecule has 0 bridgehead atoms. The zero-order valence-corrected chi connectivity index (χ0v) is 17.6. The van der Waals surface area contributed by atoms with Crippen LogP contribution in [0.3, 0.4) is 0 Å². The van der Waals surface area contributed by atoms with Crippen molar-refractivity contribution in [2.75, 3.05) is 25.1 Å². The summed E-state index contributed by atoms with van der Waals surface area (Å²) < 4.78 is 17.5. The topological polar surface area (TPSA) is 56.8 Å². The molecule has 0 saturated heterocycles. The van der Waals surface area contributed by atoms with E-state index in [0.29, 0.717) is 42.6 Å². The minimum Gasteiger partial charge on any atom is -0.493 e. The molecule has 0 atom stereocenters. The Balaban J connectivity index is 1.48. The number of hydrogen-bond acceptors (Lipinski definition) is 4. The standard InChI is InChI=1S/C23H22BrNO4/c1-2-27-22-13-8-17(16-21(22)24)23(26)25-18-9-11-20(12-10-18)29-15-14-28-19-6-4-3-5-7-19/h3-13,16H,2,14-15H2,1H3,(H,25,26). The molecule has 0 aliphatic carbocycles. The quantitative estimate of drug-likeness (QED) is 0.429. The summed E-state index contributed by atoms with van der Waals surface area (Å²) in [5.41, 5.74) is 1.23. The lowest BCUT2D eigenvalue weighted by atomic mass is 10.2. The van der Waals surface area contributed by atoms with E-state index in [2.05, 4.69) is 21.2 Å². The molecule has 1 amide bonds. The first-order chi connectivity index (χ1) is 14.2. The number of carbonyl (C=O) groups excluding carboxylic acids is 1. The highest BCUT2D eigenvalue weighted by Gasteiger charge is 2.09. The van der Waals surface area contributed by atoms with E-state index < -0.39 is 0 Å². The molecule has 0 heterocycles. The van der Waals surface area contributed by atoms with Gasteiger partial charge in [0.2, 0.25) is 0 Å². The number of hydrogen-bond donors (Lipinski definition) is 1. The molecule has 0 saturated carbocycles. The number of nitrogens with one attached hydrogen (secondary N) is 1. The molecular weight excluding hydrogens is 434 g/mol. The van der Waals surface area contributed by atoms with E-state index >= 15 is 0 Å². The van der Waals surface area contributed by atoms with Gasteiger partial charge in [0.25, 0.3) is 5.91 Å². The van der Waals surface area contributed by atoms with Crippen molar-refractivity contribution >= 4 is 27.5 Å². The van der Waals surface area contributed by atoms with E-state index in [1.807, 2.05) is 49.4 Å². The molecule has 29 heavy (non-hydrogen) atoms. The van der Waals surface area contributed by atoms with Gasteiger partial charge in [-0.3, -0.25) is 4.79 Å². The predicted molar refractivity (Wildman–Crippen MR) is 117 cm³/mol. The molecule has 0 aliphatic rings. The molecule has 6 heteroatoms. The molecule has 1 N–H and O–H groups in total. The van der Waals surface area contributed by atoms with Crippen LogP contribution in [0.1, 0.15) is 17.3 Å². The van der Waals surface area contributed by atoms with Crippen LogP contribution in [-0.2, 0) is 0 Å². The van der Waals surface area contributed by atoms with Crippen LogP contribution in [0.4, 0.5) is 5.69 Å². The molecule has 3 rings (SSSR count). The van der Waals surface area contributed by atoms with Gasteiger partial charge in [0.05, 0.1) is 11.1 Å². The molecule has 0 unspecified atom stereocenters. The molecule has 0 spiro atoms. The largest absolute Gasteiger partial charge is 0.493 e. The number of ether oxygens (including phenoxy) is 3. The highest BCUT2D eigenvalue weighted by atomic mass is 79.9. The molecule has 0 fully saturated rings. The number of carbonyl (C=O) groups is 1. The molecular formula is C23H22BrNO4. The number of halogens is 1. The SMILES string of the molecule is CCOc1ccc(C(=O)Nc2ccc(OCCOc3ccccc3)cc2)cc1Br. The van der Waals surface area contributed by atoms with Crippen LogP contribution in [0.2, 0.25) is 0 Å². The first-order valence-corrected chi connectivity index (χ1v) is 10.1. The van der Waals surface area contributed by atoms with Crippen LogP contribution in [0.25, 0.3) is 0 Å². The van der Waals surface area contributed by atoms with Crippen molar-refractivity contribution < 1.29 is 19.0 Å². The summed E-state index contributed by atoms with van der Waals surface area (Å²) in [6.45, 7) is 3.36. The Morgan fingerprint density at radius 2 is 1.52 bits per heavy atom.